The summed E-state index contributed by atoms with van der Waals surface area (Å²) < 4.78 is 1.38. The molecule has 1 aromatic carbocycles. The van der Waals surface area contributed by atoms with E-state index in [-0.39, 0.29) is 11.1 Å². The zero-order chi connectivity index (χ0) is 12.5. The van der Waals surface area contributed by atoms with Crippen LogP contribution in [0.25, 0.3) is 5.69 Å². The molecule has 5 heteroatoms. The van der Waals surface area contributed by atoms with Crippen LogP contribution in [-0.2, 0) is 5.40 Å². The lowest BCUT2D eigenvalue weighted by Crippen LogP contribution is -2.29. The first-order valence-corrected chi connectivity index (χ1v) is 5.07. The van der Waals surface area contributed by atoms with Gasteiger partial charge in [-0.25, -0.2) is 0 Å². The molecule has 2 aromatic rings. The van der Waals surface area contributed by atoms with Gasteiger partial charge in [0.25, 0.3) is 5.56 Å². The van der Waals surface area contributed by atoms with E-state index in [4.69, 9.17) is 15.7 Å². The summed E-state index contributed by atoms with van der Waals surface area (Å²) in [4.78, 5) is 11.7. The standard InChI is InChI=1S/C12H9B2NO2/c13-12(14,17)9-6-7-11(16)15(8-9)10-4-2-1-3-5-10/h1-8,17H. The Morgan fingerprint density at radius 2 is 1.71 bits per heavy atom. The Labute approximate surface area is 102 Å². The smallest absolute Gasteiger partial charge is 0.255 e. The van der Waals surface area contributed by atoms with Gasteiger partial charge >= 0.3 is 0 Å². The predicted octanol–water partition coefficient (Wildman–Crippen LogP) is 0.277. The van der Waals surface area contributed by atoms with Crippen molar-refractivity contribution >= 4 is 15.7 Å². The lowest BCUT2D eigenvalue weighted by atomic mass is 9.62. The van der Waals surface area contributed by atoms with Crippen LogP contribution in [0.1, 0.15) is 5.56 Å². The zero-order valence-electron chi connectivity index (χ0n) is 9.08. The largest absolute Gasteiger partial charge is 0.405 e. The number of aromatic nitrogens is 1. The maximum absolute atomic E-state index is 11.7. The predicted molar refractivity (Wildman–Crippen MR) is 67.4 cm³/mol. The van der Waals surface area contributed by atoms with Gasteiger partial charge in [0.15, 0.2) is 0 Å². The highest BCUT2D eigenvalue weighted by molar-refractivity contribution is 6.38. The number of benzene rings is 1. The molecule has 0 spiro atoms. The van der Waals surface area contributed by atoms with Gasteiger partial charge in [-0.1, -0.05) is 24.3 Å². The topological polar surface area (TPSA) is 42.2 Å². The van der Waals surface area contributed by atoms with Gasteiger partial charge in [0.05, 0.1) is 0 Å². The van der Waals surface area contributed by atoms with Gasteiger partial charge in [-0.15, -0.1) is 0 Å². The van der Waals surface area contributed by atoms with Crippen LogP contribution in [0.15, 0.2) is 53.5 Å². The summed E-state index contributed by atoms with van der Waals surface area (Å²) in [5, 5.41) is 7.54. The molecule has 80 valence electrons. The second-order valence-corrected chi connectivity index (χ2v) is 3.79. The van der Waals surface area contributed by atoms with Crippen LogP contribution in [-0.4, -0.2) is 25.4 Å². The molecule has 1 aromatic heterocycles. The van der Waals surface area contributed by atoms with Gasteiger partial charge < -0.3 is 5.11 Å². The molecule has 0 bridgehead atoms. The third kappa shape index (κ3) is 2.50. The quantitative estimate of drug-likeness (QED) is 0.739. The molecule has 0 saturated heterocycles. The summed E-state index contributed by atoms with van der Waals surface area (Å²) in [5.41, 5.74) is 0.730. The van der Waals surface area contributed by atoms with Gasteiger partial charge in [0.1, 0.15) is 15.7 Å². The van der Waals surface area contributed by atoms with E-state index in [1.165, 1.54) is 22.9 Å². The Hall–Kier alpha value is -1.74. The van der Waals surface area contributed by atoms with Gasteiger partial charge in [0.2, 0.25) is 0 Å². The molecule has 1 heterocycles. The van der Waals surface area contributed by atoms with Crippen molar-refractivity contribution in [1.82, 2.24) is 4.57 Å². The van der Waals surface area contributed by atoms with E-state index in [9.17, 15) is 9.90 Å². The van der Waals surface area contributed by atoms with Crippen molar-refractivity contribution in [2.24, 2.45) is 0 Å². The summed E-state index contributed by atoms with van der Waals surface area (Å²) in [6.07, 6.45) is 1.43. The van der Waals surface area contributed by atoms with Gasteiger partial charge in [-0.3, -0.25) is 9.36 Å². The number of pyridine rings is 1. The maximum atomic E-state index is 11.7. The lowest BCUT2D eigenvalue weighted by Gasteiger charge is -2.20. The van der Waals surface area contributed by atoms with Crippen molar-refractivity contribution in [1.29, 1.82) is 0 Å². The lowest BCUT2D eigenvalue weighted by molar-refractivity contribution is 0.216. The molecular formula is C12H9B2NO2. The maximum Gasteiger partial charge on any atom is 0.255 e. The molecule has 0 unspecified atom stereocenters. The number of hydrogen-bond donors (Lipinski definition) is 1. The second kappa shape index (κ2) is 4.26. The fourth-order valence-corrected chi connectivity index (χ4v) is 1.51. The summed E-state index contributed by atoms with van der Waals surface area (Å²) in [6, 6.07) is 11.7. The molecule has 0 aliphatic heterocycles. The minimum Gasteiger partial charge on any atom is -0.405 e. The Morgan fingerprint density at radius 1 is 1.06 bits per heavy atom. The highest BCUT2D eigenvalue weighted by atomic mass is 16.3. The third-order valence-corrected chi connectivity index (χ3v) is 2.41. The highest BCUT2D eigenvalue weighted by Crippen LogP contribution is 2.13. The Balaban J connectivity index is 2.59. The van der Waals surface area contributed by atoms with Crippen LogP contribution >= 0.6 is 0 Å². The fourth-order valence-electron chi connectivity index (χ4n) is 1.51. The molecule has 0 amide bonds. The zero-order valence-corrected chi connectivity index (χ0v) is 9.08. The van der Waals surface area contributed by atoms with E-state index in [2.05, 4.69) is 0 Å². The molecule has 17 heavy (non-hydrogen) atoms. The van der Waals surface area contributed by atoms with E-state index in [0.29, 0.717) is 5.69 Å². The van der Waals surface area contributed by atoms with Crippen molar-refractivity contribution in [3.8, 4) is 5.69 Å². The van der Waals surface area contributed by atoms with E-state index < -0.39 is 5.40 Å². The van der Waals surface area contributed by atoms with Gasteiger partial charge in [0, 0.05) is 23.4 Å². The monoisotopic (exact) mass is 221 g/mol. The molecule has 0 saturated carbocycles. The van der Waals surface area contributed by atoms with Crippen LogP contribution in [0.2, 0.25) is 0 Å². The van der Waals surface area contributed by atoms with E-state index in [1.54, 1.807) is 12.1 Å². The van der Waals surface area contributed by atoms with Gasteiger partial charge in [-0.05, 0) is 17.7 Å². The first-order valence-electron chi connectivity index (χ1n) is 5.07. The molecule has 2 rings (SSSR count). The third-order valence-electron chi connectivity index (χ3n) is 2.41. The van der Waals surface area contributed by atoms with Crippen molar-refractivity contribution in [3.05, 3.63) is 64.6 Å². The first-order chi connectivity index (χ1) is 7.98. The minimum atomic E-state index is -1.95. The number of hydrogen-bond acceptors (Lipinski definition) is 2. The summed E-state index contributed by atoms with van der Waals surface area (Å²) in [6.45, 7) is 0. The van der Waals surface area contributed by atoms with Crippen LogP contribution in [0.5, 0.6) is 0 Å². The number of nitrogens with zero attached hydrogens (tertiary/aromatic N) is 1. The average molecular weight is 221 g/mol. The number of para-hydroxylation sites is 1. The number of aliphatic hydroxyl groups is 1. The Bertz CT molecular complexity index is 573. The summed E-state index contributed by atoms with van der Waals surface area (Å²) in [5.74, 6) is 0. The SMILES string of the molecule is [B]C([B])(O)c1ccc(=O)n(-c2ccccc2)c1. The van der Waals surface area contributed by atoms with Crippen LogP contribution < -0.4 is 5.56 Å². The van der Waals surface area contributed by atoms with Crippen LogP contribution in [0, 0.1) is 0 Å². The first kappa shape index (κ1) is 11.7. The van der Waals surface area contributed by atoms with Crippen molar-refractivity contribution in [3.63, 3.8) is 0 Å². The molecule has 3 nitrogen and oxygen atoms in total. The van der Waals surface area contributed by atoms with Crippen LogP contribution in [0.4, 0.5) is 0 Å². The fraction of sp³-hybridized carbons (Fsp3) is 0.0833. The normalized spacial score (nSPS) is 11.4. The summed E-state index contributed by atoms with van der Waals surface area (Å²) >= 11 is 0. The minimum absolute atomic E-state index is 0.218. The average Bonchev–Trinajstić information content (AvgIpc) is 2.29. The van der Waals surface area contributed by atoms with Crippen molar-refractivity contribution in [2.45, 2.75) is 5.40 Å². The molecule has 0 atom stereocenters. The molecule has 4 radical (unpaired) electrons. The van der Waals surface area contributed by atoms with E-state index in [1.807, 2.05) is 18.2 Å². The molecule has 1 N–H and O–H groups in total. The van der Waals surface area contributed by atoms with Crippen molar-refractivity contribution < 1.29 is 5.11 Å². The molecule has 0 aliphatic carbocycles. The highest BCUT2D eigenvalue weighted by Gasteiger charge is 2.16. The van der Waals surface area contributed by atoms with E-state index in [0.717, 1.165) is 0 Å². The van der Waals surface area contributed by atoms with Gasteiger partial charge in [-0.2, -0.15) is 0 Å². The van der Waals surface area contributed by atoms with E-state index >= 15 is 0 Å². The Kier molecular flexibility index (Phi) is 2.94. The second-order valence-electron chi connectivity index (χ2n) is 3.79. The summed E-state index contributed by atoms with van der Waals surface area (Å²) in [7, 11) is 10.7. The van der Waals surface area contributed by atoms with Crippen molar-refractivity contribution in [2.75, 3.05) is 0 Å². The molecular weight excluding hydrogens is 212 g/mol. The molecule has 0 aliphatic rings. The Morgan fingerprint density at radius 3 is 2.29 bits per heavy atom. The molecule has 0 fully saturated rings. The van der Waals surface area contributed by atoms with Crippen LogP contribution in [0.3, 0.4) is 0 Å². The number of rotatable bonds is 2.